The highest BCUT2D eigenvalue weighted by Crippen LogP contribution is 2.43. The number of halogens is 2. The quantitative estimate of drug-likeness (QED) is 0.859. The van der Waals surface area contributed by atoms with Crippen LogP contribution in [0.3, 0.4) is 0 Å². The smallest absolute Gasteiger partial charge is 0.267 e. The third-order valence-corrected chi connectivity index (χ3v) is 4.38. The Hall–Kier alpha value is -2.38. The van der Waals surface area contributed by atoms with Gasteiger partial charge in [0.25, 0.3) is 5.92 Å². The molecule has 0 radical (unpaired) electrons. The number of amides is 1. The lowest BCUT2D eigenvalue weighted by Crippen LogP contribution is -2.34. The largest absolute Gasteiger partial charge is 0.337 e. The van der Waals surface area contributed by atoms with Crippen LogP contribution in [0.25, 0.3) is 0 Å². The fraction of sp³-hybridized carbons (Fsp3) is 0.500. The number of hydrogen-bond acceptors (Lipinski definition) is 5. The molecule has 0 aromatic carbocycles. The molecule has 3 heterocycles. The molecular formula is C16H16F2N4O2. The molecule has 0 N–H and O–H groups in total. The van der Waals surface area contributed by atoms with Gasteiger partial charge >= 0.3 is 0 Å². The average molecular weight is 334 g/mol. The van der Waals surface area contributed by atoms with Crippen molar-refractivity contribution in [1.29, 1.82) is 0 Å². The van der Waals surface area contributed by atoms with Gasteiger partial charge in [0, 0.05) is 24.7 Å². The van der Waals surface area contributed by atoms with E-state index in [4.69, 9.17) is 4.52 Å². The van der Waals surface area contributed by atoms with Gasteiger partial charge in [-0.25, -0.2) is 8.78 Å². The van der Waals surface area contributed by atoms with E-state index in [1.54, 1.807) is 24.5 Å². The van der Waals surface area contributed by atoms with Gasteiger partial charge in [0.15, 0.2) is 5.82 Å². The fourth-order valence-electron chi connectivity index (χ4n) is 2.97. The summed E-state index contributed by atoms with van der Waals surface area (Å²) >= 11 is 0. The van der Waals surface area contributed by atoms with E-state index in [9.17, 15) is 13.6 Å². The van der Waals surface area contributed by atoms with Gasteiger partial charge in [-0.05, 0) is 30.5 Å². The first-order valence-electron chi connectivity index (χ1n) is 7.91. The molecule has 1 saturated heterocycles. The Balaban J connectivity index is 1.55. The van der Waals surface area contributed by atoms with Crippen LogP contribution in [0.4, 0.5) is 8.78 Å². The van der Waals surface area contributed by atoms with Crippen molar-refractivity contribution in [1.82, 2.24) is 20.0 Å². The molecule has 2 aliphatic rings. The van der Waals surface area contributed by atoms with Crippen LogP contribution in [-0.4, -0.2) is 38.4 Å². The van der Waals surface area contributed by atoms with E-state index in [0.717, 1.165) is 23.3 Å². The molecule has 0 bridgehead atoms. The second-order valence-electron chi connectivity index (χ2n) is 6.39. The second kappa shape index (κ2) is 5.61. The highest BCUT2D eigenvalue weighted by Gasteiger charge is 2.50. The second-order valence-corrected chi connectivity index (χ2v) is 6.39. The van der Waals surface area contributed by atoms with E-state index in [-0.39, 0.29) is 24.1 Å². The lowest BCUT2D eigenvalue weighted by atomic mass is 10.1. The van der Waals surface area contributed by atoms with E-state index in [1.807, 2.05) is 0 Å². The number of alkyl halides is 2. The molecule has 24 heavy (non-hydrogen) atoms. The third-order valence-electron chi connectivity index (χ3n) is 4.38. The monoisotopic (exact) mass is 334 g/mol. The Kier molecular flexibility index (Phi) is 3.54. The van der Waals surface area contributed by atoms with E-state index in [2.05, 4.69) is 15.1 Å². The van der Waals surface area contributed by atoms with E-state index in [0.29, 0.717) is 5.82 Å². The van der Waals surface area contributed by atoms with Crippen molar-refractivity contribution in [3.05, 3.63) is 41.8 Å². The van der Waals surface area contributed by atoms with Crippen LogP contribution in [0.15, 0.2) is 29.0 Å². The zero-order valence-electron chi connectivity index (χ0n) is 12.9. The van der Waals surface area contributed by atoms with E-state index in [1.165, 1.54) is 0 Å². The van der Waals surface area contributed by atoms with Crippen LogP contribution >= 0.6 is 0 Å². The van der Waals surface area contributed by atoms with Crippen molar-refractivity contribution >= 4 is 5.91 Å². The van der Waals surface area contributed by atoms with Gasteiger partial charge < -0.3 is 9.42 Å². The average Bonchev–Trinajstić information content (AvgIpc) is 3.19. The van der Waals surface area contributed by atoms with Crippen LogP contribution in [-0.2, 0) is 11.2 Å². The van der Waals surface area contributed by atoms with Crippen molar-refractivity contribution in [2.45, 2.75) is 43.6 Å². The molecule has 4 rings (SSSR count). The van der Waals surface area contributed by atoms with Gasteiger partial charge in [-0.15, -0.1) is 0 Å². The minimum Gasteiger partial charge on any atom is -0.337 e. The highest BCUT2D eigenvalue weighted by atomic mass is 19.3. The van der Waals surface area contributed by atoms with Gasteiger partial charge in [0.1, 0.15) is 6.04 Å². The van der Waals surface area contributed by atoms with Crippen molar-refractivity contribution in [3.8, 4) is 0 Å². The first-order valence-corrected chi connectivity index (χ1v) is 7.91. The normalized spacial score (nSPS) is 22.8. The van der Waals surface area contributed by atoms with Crippen molar-refractivity contribution in [2.24, 2.45) is 0 Å². The standard InChI is InChI=1S/C16H16F2N4O2/c17-16(18)8-12(15-20-14(21-24-15)11-1-2-11)22(9-16)13(23)7-10-3-5-19-6-4-10/h3-6,11-12H,1-2,7-9H2/t12-/m0/s1. The molecule has 1 amide bonds. The number of rotatable bonds is 4. The van der Waals surface area contributed by atoms with Gasteiger partial charge in [0.05, 0.1) is 13.0 Å². The zero-order chi connectivity index (χ0) is 16.7. The van der Waals surface area contributed by atoms with Crippen LogP contribution < -0.4 is 0 Å². The molecule has 2 fully saturated rings. The number of pyridine rings is 1. The molecule has 8 heteroatoms. The van der Waals surface area contributed by atoms with Gasteiger partial charge in [-0.1, -0.05) is 5.16 Å². The van der Waals surface area contributed by atoms with Crippen LogP contribution in [0.5, 0.6) is 0 Å². The Morgan fingerprint density at radius 1 is 1.33 bits per heavy atom. The molecule has 0 spiro atoms. The maximum atomic E-state index is 13.9. The number of aromatic nitrogens is 3. The Morgan fingerprint density at radius 2 is 2.08 bits per heavy atom. The number of likely N-dealkylation sites (tertiary alicyclic amines) is 1. The summed E-state index contributed by atoms with van der Waals surface area (Å²) in [6.45, 7) is -0.622. The predicted molar refractivity (Wildman–Crippen MR) is 78.2 cm³/mol. The molecule has 1 aliphatic heterocycles. The summed E-state index contributed by atoms with van der Waals surface area (Å²) < 4.78 is 33.0. The summed E-state index contributed by atoms with van der Waals surface area (Å²) in [5, 5.41) is 3.87. The number of hydrogen-bond donors (Lipinski definition) is 0. The fourth-order valence-corrected chi connectivity index (χ4v) is 2.97. The summed E-state index contributed by atoms with van der Waals surface area (Å²) in [6, 6.07) is 2.52. The Labute approximate surface area is 136 Å². The van der Waals surface area contributed by atoms with E-state index >= 15 is 0 Å². The minimum absolute atomic E-state index is 0.0404. The topological polar surface area (TPSA) is 72.1 Å². The lowest BCUT2D eigenvalue weighted by molar-refractivity contribution is -0.133. The molecule has 1 saturated carbocycles. The summed E-state index contributed by atoms with van der Waals surface area (Å²) in [5.74, 6) is -2.40. The number of carbonyl (C=O) groups excluding carboxylic acids is 1. The first kappa shape index (κ1) is 15.2. The van der Waals surface area contributed by atoms with Crippen LogP contribution in [0.1, 0.15) is 48.5 Å². The molecule has 6 nitrogen and oxygen atoms in total. The number of carbonyl (C=O) groups is 1. The summed E-state index contributed by atoms with van der Waals surface area (Å²) in [5.41, 5.74) is 0.730. The maximum Gasteiger partial charge on any atom is 0.267 e. The summed E-state index contributed by atoms with van der Waals surface area (Å²) in [7, 11) is 0. The Bertz CT molecular complexity index is 746. The maximum absolute atomic E-state index is 13.9. The molecule has 0 unspecified atom stereocenters. The predicted octanol–water partition coefficient (Wildman–Crippen LogP) is 2.49. The van der Waals surface area contributed by atoms with Crippen LogP contribution in [0, 0.1) is 0 Å². The lowest BCUT2D eigenvalue weighted by Gasteiger charge is -2.21. The van der Waals surface area contributed by atoms with Gasteiger partial charge in [-0.2, -0.15) is 4.98 Å². The molecule has 1 atom stereocenters. The minimum atomic E-state index is -2.95. The SMILES string of the molecule is O=C(Cc1ccncc1)N1CC(F)(F)C[C@H]1c1nc(C2CC2)no1. The Morgan fingerprint density at radius 3 is 2.79 bits per heavy atom. The van der Waals surface area contributed by atoms with Crippen molar-refractivity contribution in [2.75, 3.05) is 6.54 Å². The third kappa shape index (κ3) is 3.00. The zero-order valence-corrected chi connectivity index (χ0v) is 12.9. The molecule has 1 aliphatic carbocycles. The first-order chi connectivity index (χ1) is 11.5. The number of nitrogens with zero attached hydrogens (tertiary/aromatic N) is 4. The van der Waals surface area contributed by atoms with Gasteiger partial charge in [0.2, 0.25) is 11.8 Å². The van der Waals surface area contributed by atoms with Crippen LogP contribution in [0.2, 0.25) is 0 Å². The highest BCUT2D eigenvalue weighted by molar-refractivity contribution is 5.79. The molecular weight excluding hydrogens is 318 g/mol. The summed E-state index contributed by atoms with van der Waals surface area (Å²) in [6.07, 6.45) is 4.67. The summed E-state index contributed by atoms with van der Waals surface area (Å²) in [4.78, 5) is 21.8. The van der Waals surface area contributed by atoms with E-state index < -0.39 is 24.9 Å². The van der Waals surface area contributed by atoms with Crippen molar-refractivity contribution in [3.63, 3.8) is 0 Å². The molecule has 2 aromatic heterocycles. The van der Waals surface area contributed by atoms with Crippen molar-refractivity contribution < 1.29 is 18.1 Å². The van der Waals surface area contributed by atoms with Gasteiger partial charge in [-0.3, -0.25) is 9.78 Å². The molecule has 126 valence electrons. The molecule has 2 aromatic rings.